The summed E-state index contributed by atoms with van der Waals surface area (Å²) in [5, 5.41) is 29.3. The molecule has 5 atom stereocenters. The molecular weight excluding hydrogens is 401 g/mol. The van der Waals surface area contributed by atoms with Crippen LogP contribution in [-0.4, -0.2) is 87.8 Å². The third-order valence-corrected chi connectivity index (χ3v) is 5.20. The van der Waals surface area contributed by atoms with Crippen LogP contribution in [0.3, 0.4) is 0 Å². The van der Waals surface area contributed by atoms with E-state index in [1.54, 1.807) is 0 Å². The largest absolute Gasteiger partial charge is 0.388 e. The molecule has 154 valence electrons. The van der Waals surface area contributed by atoms with Crippen LogP contribution in [0.1, 0.15) is 6.23 Å². The number of hydrogen-bond donors (Lipinski definition) is 6. The molecule has 7 N–H and O–H groups in total. The molecular formula is C13H18N5O9P. The third-order valence-electron chi connectivity index (χ3n) is 4.15. The van der Waals surface area contributed by atoms with Crippen molar-refractivity contribution in [2.24, 2.45) is 0 Å². The average molecular weight is 419 g/mol. The number of aliphatic hydroxyl groups is 3. The molecule has 15 heteroatoms. The molecule has 1 aliphatic rings. The fourth-order valence-electron chi connectivity index (χ4n) is 2.79. The van der Waals surface area contributed by atoms with Crippen LogP contribution in [0, 0.1) is 0 Å². The van der Waals surface area contributed by atoms with Crippen LogP contribution >= 0.6 is 7.60 Å². The first-order valence-electron chi connectivity index (χ1n) is 7.90. The number of ether oxygens (including phenoxy) is 2. The minimum absolute atomic E-state index is 0.101. The Balaban J connectivity index is 1.78. The summed E-state index contributed by atoms with van der Waals surface area (Å²) in [5.41, 5.74) is 6.18. The molecule has 14 nitrogen and oxygen atoms in total. The van der Waals surface area contributed by atoms with Crippen LogP contribution in [0.5, 0.6) is 0 Å². The second-order valence-corrected chi connectivity index (χ2v) is 7.68. The van der Waals surface area contributed by atoms with Gasteiger partial charge in [-0.25, -0.2) is 15.0 Å². The SMILES string of the molecule is Nc1ncnc2c1ncn2[C@@H]1O[C@H](COC(C(=O)CO)P(=O)(O)O)[C@@H](O)[C@H]1O. The highest BCUT2D eigenvalue weighted by Gasteiger charge is 2.46. The van der Waals surface area contributed by atoms with Gasteiger partial charge in [0.1, 0.15) is 36.8 Å². The normalized spacial score (nSPS) is 26.6. The lowest BCUT2D eigenvalue weighted by molar-refractivity contribution is -0.133. The number of Topliss-reactive ketones (excluding diaryl/α,β-unsaturated/α-hetero) is 1. The van der Waals surface area contributed by atoms with Gasteiger partial charge in [-0.15, -0.1) is 0 Å². The number of nitrogens with zero attached hydrogens (tertiary/aromatic N) is 4. The van der Waals surface area contributed by atoms with E-state index >= 15 is 0 Å². The van der Waals surface area contributed by atoms with Gasteiger partial charge in [0.05, 0.1) is 12.9 Å². The molecule has 0 saturated carbocycles. The number of ketones is 1. The molecule has 3 rings (SSSR count). The Morgan fingerprint density at radius 1 is 1.32 bits per heavy atom. The summed E-state index contributed by atoms with van der Waals surface area (Å²) >= 11 is 0. The molecule has 0 radical (unpaired) electrons. The summed E-state index contributed by atoms with van der Waals surface area (Å²) in [7, 11) is -5.02. The van der Waals surface area contributed by atoms with Crippen molar-refractivity contribution in [3.8, 4) is 0 Å². The zero-order valence-electron chi connectivity index (χ0n) is 14.1. The molecule has 2 aromatic heterocycles. The number of fused-ring (bicyclic) bond motifs is 1. The Kier molecular flexibility index (Phi) is 5.74. The molecule has 1 saturated heterocycles. The molecule has 2 aromatic rings. The topological polar surface area (TPSA) is 223 Å². The van der Waals surface area contributed by atoms with Crippen molar-refractivity contribution in [2.75, 3.05) is 18.9 Å². The fraction of sp³-hybridized carbons (Fsp3) is 0.538. The van der Waals surface area contributed by atoms with Crippen molar-refractivity contribution in [2.45, 2.75) is 30.4 Å². The number of anilines is 1. The summed E-state index contributed by atoms with van der Waals surface area (Å²) < 4.78 is 23.1. The van der Waals surface area contributed by atoms with Gasteiger partial charge in [-0.3, -0.25) is 13.9 Å². The Bertz CT molecular complexity index is 917. The maximum absolute atomic E-state index is 11.5. The summed E-state index contributed by atoms with van der Waals surface area (Å²) in [6.45, 7) is -1.78. The van der Waals surface area contributed by atoms with Crippen molar-refractivity contribution in [3.63, 3.8) is 0 Å². The molecule has 1 fully saturated rings. The van der Waals surface area contributed by atoms with Gasteiger partial charge in [-0.2, -0.15) is 0 Å². The smallest absolute Gasteiger partial charge is 0.361 e. The molecule has 1 aliphatic heterocycles. The predicted octanol–water partition coefficient (Wildman–Crippen LogP) is -2.89. The second kappa shape index (κ2) is 7.77. The van der Waals surface area contributed by atoms with Crippen molar-refractivity contribution in [3.05, 3.63) is 12.7 Å². The first-order valence-corrected chi connectivity index (χ1v) is 9.58. The van der Waals surface area contributed by atoms with Gasteiger partial charge in [0.15, 0.2) is 23.5 Å². The van der Waals surface area contributed by atoms with E-state index in [0.717, 1.165) is 0 Å². The van der Waals surface area contributed by atoms with Crippen molar-refractivity contribution in [1.29, 1.82) is 0 Å². The number of aliphatic hydroxyl groups excluding tert-OH is 3. The van der Waals surface area contributed by atoms with Gasteiger partial charge in [0, 0.05) is 0 Å². The number of rotatable bonds is 7. The zero-order chi connectivity index (χ0) is 20.6. The minimum Gasteiger partial charge on any atom is -0.388 e. The highest BCUT2D eigenvalue weighted by atomic mass is 31.2. The van der Waals surface area contributed by atoms with Crippen molar-refractivity contribution < 1.29 is 43.9 Å². The van der Waals surface area contributed by atoms with Crippen LogP contribution in [0.4, 0.5) is 5.82 Å². The highest BCUT2D eigenvalue weighted by molar-refractivity contribution is 7.53. The van der Waals surface area contributed by atoms with Gasteiger partial charge >= 0.3 is 7.60 Å². The summed E-state index contributed by atoms with van der Waals surface area (Å²) in [5.74, 6) is -3.35. The number of aromatic nitrogens is 4. The Labute approximate surface area is 156 Å². The Hall–Kier alpha value is -2.03. The van der Waals surface area contributed by atoms with Crippen LogP contribution in [0.25, 0.3) is 11.2 Å². The predicted molar refractivity (Wildman–Crippen MR) is 89.5 cm³/mol. The third kappa shape index (κ3) is 3.76. The first kappa shape index (κ1) is 20.7. The molecule has 0 bridgehead atoms. The molecule has 28 heavy (non-hydrogen) atoms. The van der Waals surface area contributed by atoms with E-state index in [2.05, 4.69) is 15.0 Å². The van der Waals surface area contributed by atoms with E-state index in [-0.39, 0.29) is 17.0 Å². The van der Waals surface area contributed by atoms with Crippen molar-refractivity contribution >= 4 is 30.4 Å². The highest BCUT2D eigenvalue weighted by Crippen LogP contribution is 2.43. The number of nitrogens with two attached hydrogens (primary N) is 1. The van der Waals surface area contributed by atoms with Crippen LogP contribution in [0.2, 0.25) is 0 Å². The molecule has 3 heterocycles. The lowest BCUT2D eigenvalue weighted by Crippen LogP contribution is -2.36. The number of nitrogen functional groups attached to an aromatic ring is 1. The lowest BCUT2D eigenvalue weighted by Gasteiger charge is -2.20. The lowest BCUT2D eigenvalue weighted by atomic mass is 10.1. The van der Waals surface area contributed by atoms with Gasteiger partial charge in [0.2, 0.25) is 5.85 Å². The maximum Gasteiger partial charge on any atom is 0.361 e. The van der Waals surface area contributed by atoms with Gasteiger partial charge in [-0.1, -0.05) is 0 Å². The average Bonchev–Trinajstić information content (AvgIpc) is 3.17. The number of hydrogen-bond acceptors (Lipinski definition) is 11. The molecule has 0 aromatic carbocycles. The molecule has 0 aliphatic carbocycles. The summed E-state index contributed by atoms with van der Waals surface area (Å²) in [6.07, 6.45) is -2.93. The van der Waals surface area contributed by atoms with Crippen molar-refractivity contribution in [1.82, 2.24) is 19.5 Å². The van der Waals surface area contributed by atoms with Gasteiger partial charge in [0.25, 0.3) is 0 Å². The number of carbonyl (C=O) groups excluding carboxylic acids is 1. The zero-order valence-corrected chi connectivity index (χ0v) is 15.0. The standard InChI is InChI=1S/C13H18N5O9P/c14-10-7-11(16-3-15-10)18(4-17-7)12-9(22)8(21)6(27-12)2-26-13(5(20)1-19)28(23,24)25/h3-4,6,8-9,12-13,19,21-22H,1-2H2,(H2,14,15,16)(H2,23,24,25)/t6-,8-,9-,12-,13?/m1/s1. The van der Waals surface area contributed by atoms with Gasteiger partial charge in [-0.05, 0) is 0 Å². The van der Waals surface area contributed by atoms with E-state index in [9.17, 15) is 29.4 Å². The Morgan fingerprint density at radius 2 is 2.04 bits per heavy atom. The molecule has 1 unspecified atom stereocenters. The summed E-state index contributed by atoms with van der Waals surface area (Å²) in [6, 6.07) is 0. The van der Waals surface area contributed by atoms with E-state index in [4.69, 9.17) is 20.3 Å². The van der Waals surface area contributed by atoms with Crippen LogP contribution in [-0.2, 0) is 18.8 Å². The minimum atomic E-state index is -5.02. The van der Waals surface area contributed by atoms with E-state index in [1.165, 1.54) is 17.2 Å². The van der Waals surface area contributed by atoms with E-state index < -0.39 is 57.0 Å². The van der Waals surface area contributed by atoms with Crippen LogP contribution < -0.4 is 5.73 Å². The maximum atomic E-state index is 11.5. The van der Waals surface area contributed by atoms with E-state index in [1.807, 2.05) is 0 Å². The van der Waals surface area contributed by atoms with Crippen LogP contribution in [0.15, 0.2) is 12.7 Å². The quantitative estimate of drug-likeness (QED) is 0.248. The first-order chi connectivity index (χ1) is 13.1. The molecule has 0 amide bonds. The number of carbonyl (C=O) groups is 1. The summed E-state index contributed by atoms with van der Waals surface area (Å²) in [4.78, 5) is 41.6. The fourth-order valence-corrected chi connectivity index (χ4v) is 3.53. The molecule has 0 spiro atoms. The van der Waals surface area contributed by atoms with E-state index in [0.29, 0.717) is 0 Å². The monoisotopic (exact) mass is 419 g/mol. The van der Waals surface area contributed by atoms with Gasteiger partial charge < -0.3 is 40.3 Å². The Morgan fingerprint density at radius 3 is 2.68 bits per heavy atom. The second-order valence-electron chi connectivity index (χ2n) is 6.03. The number of imidazole rings is 1.